The van der Waals surface area contributed by atoms with Gasteiger partial charge in [-0.25, -0.2) is 4.39 Å². The molecule has 106 valence electrons. The minimum Gasteiger partial charge on any atom is -0.487 e. The van der Waals surface area contributed by atoms with E-state index in [1.54, 1.807) is 18.2 Å². The summed E-state index contributed by atoms with van der Waals surface area (Å²) in [7, 11) is 0. The molecule has 0 aliphatic heterocycles. The highest BCUT2D eigenvalue weighted by Crippen LogP contribution is 2.33. The monoisotopic (exact) mass is 333 g/mol. The Morgan fingerprint density at radius 1 is 1.00 bits per heavy atom. The van der Waals surface area contributed by atoms with Crippen LogP contribution < -0.4 is 10.5 Å². The second-order valence-electron chi connectivity index (χ2n) is 4.10. The standard InChI is InChI=1S/C14H11Cl3FNO/c15-10-3-9(6-19)14(13(17)4-10)20-7-8-1-2-11(18)5-12(8)16/h1-5H,6-7,19H2. The lowest BCUT2D eigenvalue weighted by atomic mass is 10.2. The molecule has 0 radical (unpaired) electrons. The Balaban J connectivity index is 2.22. The van der Waals surface area contributed by atoms with E-state index in [4.69, 9.17) is 45.3 Å². The maximum atomic E-state index is 13.0. The molecule has 2 aromatic rings. The van der Waals surface area contributed by atoms with Crippen molar-refractivity contribution in [3.63, 3.8) is 0 Å². The van der Waals surface area contributed by atoms with Crippen LogP contribution >= 0.6 is 34.8 Å². The van der Waals surface area contributed by atoms with Gasteiger partial charge in [-0.1, -0.05) is 40.9 Å². The largest absolute Gasteiger partial charge is 0.487 e. The molecule has 20 heavy (non-hydrogen) atoms. The quantitative estimate of drug-likeness (QED) is 0.869. The first kappa shape index (κ1) is 15.4. The molecule has 2 N–H and O–H groups in total. The van der Waals surface area contributed by atoms with E-state index in [1.165, 1.54) is 12.1 Å². The normalized spacial score (nSPS) is 10.7. The summed E-state index contributed by atoms with van der Waals surface area (Å²) in [5.41, 5.74) is 6.98. The molecular formula is C14H11Cl3FNO. The lowest BCUT2D eigenvalue weighted by Gasteiger charge is -2.13. The maximum Gasteiger partial charge on any atom is 0.142 e. The fourth-order valence-corrected chi connectivity index (χ4v) is 2.53. The van der Waals surface area contributed by atoms with E-state index in [0.717, 1.165) is 0 Å². The molecule has 0 unspecified atom stereocenters. The minimum atomic E-state index is -0.397. The average molecular weight is 335 g/mol. The van der Waals surface area contributed by atoms with E-state index in [0.29, 0.717) is 31.9 Å². The molecule has 0 amide bonds. The predicted octanol–water partition coefficient (Wildman–Crippen LogP) is 4.82. The van der Waals surface area contributed by atoms with Crippen molar-refractivity contribution in [2.45, 2.75) is 13.2 Å². The van der Waals surface area contributed by atoms with Crippen LogP contribution in [0.15, 0.2) is 30.3 Å². The van der Waals surface area contributed by atoms with Gasteiger partial charge in [0.1, 0.15) is 18.2 Å². The number of benzene rings is 2. The summed E-state index contributed by atoms with van der Waals surface area (Å²) >= 11 is 17.9. The molecular weight excluding hydrogens is 324 g/mol. The molecule has 0 aliphatic carbocycles. The van der Waals surface area contributed by atoms with Gasteiger partial charge >= 0.3 is 0 Å². The molecule has 0 saturated carbocycles. The molecule has 0 fully saturated rings. The van der Waals surface area contributed by atoms with Gasteiger partial charge in [-0.3, -0.25) is 0 Å². The first-order valence-electron chi connectivity index (χ1n) is 5.76. The average Bonchev–Trinajstić information content (AvgIpc) is 2.38. The van der Waals surface area contributed by atoms with E-state index < -0.39 is 5.82 Å². The number of ether oxygens (including phenoxy) is 1. The number of nitrogens with two attached hydrogens (primary N) is 1. The molecule has 2 aromatic carbocycles. The van der Waals surface area contributed by atoms with Crippen LogP contribution in [0.4, 0.5) is 4.39 Å². The zero-order chi connectivity index (χ0) is 14.7. The van der Waals surface area contributed by atoms with Crippen LogP contribution in [0, 0.1) is 5.82 Å². The summed E-state index contributed by atoms with van der Waals surface area (Å²) < 4.78 is 18.6. The van der Waals surface area contributed by atoms with Gasteiger partial charge < -0.3 is 10.5 Å². The van der Waals surface area contributed by atoms with Crippen molar-refractivity contribution in [1.82, 2.24) is 0 Å². The second kappa shape index (κ2) is 6.64. The highest BCUT2D eigenvalue weighted by Gasteiger charge is 2.11. The van der Waals surface area contributed by atoms with Gasteiger partial charge in [0.2, 0.25) is 0 Å². The number of hydrogen-bond donors (Lipinski definition) is 1. The Hall–Kier alpha value is -1.00. The Morgan fingerprint density at radius 3 is 2.40 bits per heavy atom. The van der Waals surface area contributed by atoms with E-state index in [-0.39, 0.29) is 13.2 Å². The lowest BCUT2D eigenvalue weighted by molar-refractivity contribution is 0.303. The van der Waals surface area contributed by atoms with Crippen molar-refractivity contribution < 1.29 is 9.13 Å². The van der Waals surface area contributed by atoms with Crippen molar-refractivity contribution >= 4 is 34.8 Å². The lowest BCUT2D eigenvalue weighted by Crippen LogP contribution is -2.04. The van der Waals surface area contributed by atoms with E-state index in [1.807, 2.05) is 0 Å². The molecule has 0 spiro atoms. The predicted molar refractivity (Wildman–Crippen MR) is 80.1 cm³/mol. The van der Waals surface area contributed by atoms with Crippen molar-refractivity contribution in [1.29, 1.82) is 0 Å². The highest BCUT2D eigenvalue weighted by atomic mass is 35.5. The summed E-state index contributed by atoms with van der Waals surface area (Å²) in [5, 5.41) is 1.16. The highest BCUT2D eigenvalue weighted by molar-refractivity contribution is 6.35. The minimum absolute atomic E-state index is 0.160. The number of rotatable bonds is 4. The summed E-state index contributed by atoms with van der Waals surface area (Å²) in [5.74, 6) is 0.0601. The van der Waals surface area contributed by atoms with Crippen LogP contribution in [-0.4, -0.2) is 0 Å². The Bertz CT molecular complexity index is 634. The number of halogens is 4. The topological polar surface area (TPSA) is 35.2 Å². The van der Waals surface area contributed by atoms with Crippen molar-refractivity contribution in [2.24, 2.45) is 5.73 Å². The van der Waals surface area contributed by atoms with Gasteiger partial charge in [0.05, 0.1) is 10.0 Å². The van der Waals surface area contributed by atoms with Crippen molar-refractivity contribution in [3.05, 3.63) is 62.3 Å². The molecule has 0 aromatic heterocycles. The zero-order valence-electron chi connectivity index (χ0n) is 10.3. The van der Waals surface area contributed by atoms with Gasteiger partial charge in [0, 0.05) is 22.7 Å². The second-order valence-corrected chi connectivity index (χ2v) is 5.36. The Labute approximate surface area is 131 Å². The van der Waals surface area contributed by atoms with Gasteiger partial charge in [0.25, 0.3) is 0 Å². The van der Waals surface area contributed by atoms with Gasteiger partial charge in [-0.2, -0.15) is 0 Å². The van der Waals surface area contributed by atoms with Crippen LogP contribution in [0.25, 0.3) is 0 Å². The van der Waals surface area contributed by atoms with Crippen LogP contribution in [-0.2, 0) is 13.2 Å². The maximum absolute atomic E-state index is 13.0. The smallest absolute Gasteiger partial charge is 0.142 e. The van der Waals surface area contributed by atoms with Crippen LogP contribution in [0.5, 0.6) is 5.75 Å². The Kier molecular flexibility index (Phi) is 5.11. The van der Waals surface area contributed by atoms with Gasteiger partial charge in [0.15, 0.2) is 0 Å². The summed E-state index contributed by atoms with van der Waals surface area (Å²) in [6.45, 7) is 0.403. The molecule has 6 heteroatoms. The fourth-order valence-electron chi connectivity index (χ4n) is 1.72. The molecule has 0 saturated heterocycles. The molecule has 0 atom stereocenters. The molecule has 0 heterocycles. The molecule has 0 bridgehead atoms. The third kappa shape index (κ3) is 3.55. The van der Waals surface area contributed by atoms with Crippen LogP contribution in [0.2, 0.25) is 15.1 Å². The first-order chi connectivity index (χ1) is 9.51. The molecule has 0 aliphatic rings. The third-order valence-electron chi connectivity index (χ3n) is 2.69. The first-order valence-corrected chi connectivity index (χ1v) is 6.89. The summed E-state index contributed by atoms with van der Waals surface area (Å²) in [6, 6.07) is 7.37. The van der Waals surface area contributed by atoms with Crippen LogP contribution in [0.3, 0.4) is 0 Å². The molecule has 2 rings (SSSR count). The SMILES string of the molecule is NCc1cc(Cl)cc(Cl)c1OCc1ccc(F)cc1Cl. The van der Waals surface area contributed by atoms with E-state index in [2.05, 4.69) is 0 Å². The third-order valence-corrected chi connectivity index (χ3v) is 3.54. The zero-order valence-corrected chi connectivity index (χ0v) is 12.6. The van der Waals surface area contributed by atoms with Gasteiger partial charge in [-0.15, -0.1) is 0 Å². The van der Waals surface area contributed by atoms with Crippen molar-refractivity contribution in [3.8, 4) is 5.75 Å². The van der Waals surface area contributed by atoms with E-state index in [9.17, 15) is 4.39 Å². The summed E-state index contributed by atoms with van der Waals surface area (Å²) in [6.07, 6.45) is 0. The number of hydrogen-bond acceptors (Lipinski definition) is 2. The molecule has 2 nitrogen and oxygen atoms in total. The van der Waals surface area contributed by atoms with Gasteiger partial charge in [-0.05, 0) is 24.3 Å². The van der Waals surface area contributed by atoms with Crippen molar-refractivity contribution in [2.75, 3.05) is 0 Å². The summed E-state index contributed by atoms with van der Waals surface area (Å²) in [4.78, 5) is 0. The van der Waals surface area contributed by atoms with Crippen LogP contribution in [0.1, 0.15) is 11.1 Å². The fraction of sp³-hybridized carbons (Fsp3) is 0.143. The van der Waals surface area contributed by atoms with E-state index >= 15 is 0 Å². The Morgan fingerprint density at radius 2 is 1.75 bits per heavy atom.